The lowest BCUT2D eigenvalue weighted by molar-refractivity contribution is 0.131. The Balaban J connectivity index is 1.82. The highest BCUT2D eigenvalue weighted by molar-refractivity contribution is 6.30. The van der Waals surface area contributed by atoms with E-state index in [1.165, 1.54) is 0 Å². The van der Waals surface area contributed by atoms with Crippen LogP contribution in [0, 0.1) is 0 Å². The lowest BCUT2D eigenvalue weighted by Crippen LogP contribution is -2.06. The number of rotatable bonds is 5. The molecule has 0 aliphatic rings. The third kappa shape index (κ3) is 4.18. The fraction of sp³-hybridized carbons (Fsp3) is 0.0526. The summed E-state index contributed by atoms with van der Waals surface area (Å²) in [6.07, 6.45) is 1.74. The molecule has 3 nitrogen and oxygen atoms in total. The average molecular weight is 323 g/mol. The maximum absolute atomic E-state index is 5.88. The van der Waals surface area contributed by atoms with Gasteiger partial charge >= 0.3 is 0 Å². The van der Waals surface area contributed by atoms with Crippen molar-refractivity contribution in [2.24, 2.45) is 5.16 Å². The summed E-state index contributed by atoms with van der Waals surface area (Å²) < 4.78 is 0. The highest BCUT2D eigenvalue weighted by Gasteiger charge is 2.08. The van der Waals surface area contributed by atoms with Crippen LogP contribution in [0.25, 0.3) is 0 Å². The van der Waals surface area contributed by atoms with Crippen molar-refractivity contribution in [3.05, 3.63) is 101 Å². The van der Waals surface area contributed by atoms with Crippen LogP contribution in [0.5, 0.6) is 0 Å². The Morgan fingerprint density at radius 2 is 1.65 bits per heavy atom. The van der Waals surface area contributed by atoms with E-state index in [-0.39, 0.29) is 0 Å². The summed E-state index contributed by atoms with van der Waals surface area (Å²) in [6, 6.07) is 23.1. The van der Waals surface area contributed by atoms with Crippen LogP contribution in [-0.4, -0.2) is 10.7 Å². The van der Waals surface area contributed by atoms with Crippen molar-refractivity contribution in [3.8, 4) is 0 Å². The summed E-state index contributed by atoms with van der Waals surface area (Å²) in [4.78, 5) is 9.90. The predicted octanol–water partition coefficient (Wildman–Crippen LogP) is 4.70. The summed E-state index contributed by atoms with van der Waals surface area (Å²) in [5.41, 5.74) is 3.45. The van der Waals surface area contributed by atoms with Gasteiger partial charge in [-0.25, -0.2) is 0 Å². The lowest BCUT2D eigenvalue weighted by atomic mass is 10.1. The molecule has 3 aromatic rings. The van der Waals surface area contributed by atoms with Crippen LogP contribution >= 0.6 is 11.6 Å². The Bertz CT molecular complexity index is 730. The molecule has 0 aliphatic heterocycles. The van der Waals surface area contributed by atoms with Gasteiger partial charge in [0.1, 0.15) is 12.3 Å². The molecule has 0 atom stereocenters. The third-order valence-electron chi connectivity index (χ3n) is 3.26. The third-order valence-corrected chi connectivity index (χ3v) is 3.51. The van der Waals surface area contributed by atoms with Gasteiger partial charge in [0.05, 0.1) is 5.69 Å². The minimum atomic E-state index is 0.375. The Hall–Kier alpha value is -2.65. The molecule has 23 heavy (non-hydrogen) atoms. The standard InChI is InChI=1S/C19H15ClN2O/c20-17-11-9-15(10-12-17)14-23-22-19(16-6-2-1-3-7-16)18-8-4-5-13-21-18/h1-13H,14H2. The SMILES string of the molecule is Clc1ccc(CON=C(c2ccccc2)c2ccccn2)cc1. The van der Waals surface area contributed by atoms with E-state index in [1.807, 2.05) is 72.8 Å². The second-order valence-corrected chi connectivity index (χ2v) is 5.36. The fourth-order valence-corrected chi connectivity index (χ4v) is 2.22. The van der Waals surface area contributed by atoms with Gasteiger partial charge in [0.2, 0.25) is 0 Å². The molecule has 0 N–H and O–H groups in total. The van der Waals surface area contributed by atoms with Gasteiger partial charge in [0, 0.05) is 16.8 Å². The van der Waals surface area contributed by atoms with Gasteiger partial charge in [-0.1, -0.05) is 65.3 Å². The normalized spacial score (nSPS) is 11.3. The number of hydrogen-bond donors (Lipinski definition) is 0. The van der Waals surface area contributed by atoms with Crippen molar-refractivity contribution in [2.45, 2.75) is 6.61 Å². The summed E-state index contributed by atoms with van der Waals surface area (Å²) in [5, 5.41) is 5.01. The van der Waals surface area contributed by atoms with E-state index in [0.29, 0.717) is 17.3 Å². The quantitative estimate of drug-likeness (QED) is 0.504. The fourth-order valence-electron chi connectivity index (χ4n) is 2.10. The maximum atomic E-state index is 5.88. The zero-order valence-corrected chi connectivity index (χ0v) is 13.1. The van der Waals surface area contributed by atoms with Crippen LogP contribution in [0.4, 0.5) is 0 Å². The Morgan fingerprint density at radius 1 is 0.913 bits per heavy atom. The zero-order chi connectivity index (χ0) is 15.9. The second kappa shape index (κ2) is 7.56. The van der Waals surface area contributed by atoms with Gasteiger partial charge in [-0.3, -0.25) is 4.98 Å². The van der Waals surface area contributed by atoms with Gasteiger partial charge < -0.3 is 4.84 Å². The van der Waals surface area contributed by atoms with Crippen LogP contribution in [0.3, 0.4) is 0 Å². The van der Waals surface area contributed by atoms with E-state index in [0.717, 1.165) is 16.8 Å². The van der Waals surface area contributed by atoms with Gasteiger partial charge in [0.15, 0.2) is 0 Å². The van der Waals surface area contributed by atoms with Crippen LogP contribution in [0.2, 0.25) is 5.02 Å². The first-order valence-electron chi connectivity index (χ1n) is 7.24. The molecule has 0 fully saturated rings. The lowest BCUT2D eigenvalue weighted by Gasteiger charge is -2.07. The Kier molecular flexibility index (Phi) is 5.02. The second-order valence-electron chi connectivity index (χ2n) is 4.92. The monoisotopic (exact) mass is 322 g/mol. The van der Waals surface area contributed by atoms with Crippen molar-refractivity contribution < 1.29 is 4.84 Å². The first-order chi connectivity index (χ1) is 11.3. The number of aromatic nitrogens is 1. The van der Waals surface area contributed by atoms with E-state index < -0.39 is 0 Å². The van der Waals surface area contributed by atoms with Gasteiger partial charge in [-0.2, -0.15) is 0 Å². The number of hydrogen-bond acceptors (Lipinski definition) is 3. The molecule has 0 saturated carbocycles. The summed E-state index contributed by atoms with van der Waals surface area (Å²) in [7, 11) is 0. The molecule has 2 aromatic carbocycles. The van der Waals surface area contributed by atoms with E-state index in [4.69, 9.17) is 16.4 Å². The van der Waals surface area contributed by atoms with Crippen molar-refractivity contribution in [2.75, 3.05) is 0 Å². The molecule has 0 radical (unpaired) electrons. The number of halogens is 1. The van der Waals surface area contributed by atoms with Gasteiger partial charge in [0.25, 0.3) is 0 Å². The molecular weight excluding hydrogens is 308 g/mol. The highest BCUT2D eigenvalue weighted by atomic mass is 35.5. The molecule has 0 saturated heterocycles. The largest absolute Gasteiger partial charge is 0.390 e. The number of nitrogens with zero attached hydrogens (tertiary/aromatic N) is 2. The number of benzene rings is 2. The average Bonchev–Trinajstić information content (AvgIpc) is 2.62. The molecular formula is C19H15ClN2O. The van der Waals surface area contributed by atoms with Crippen molar-refractivity contribution in [3.63, 3.8) is 0 Å². The Morgan fingerprint density at radius 3 is 2.35 bits per heavy atom. The van der Waals surface area contributed by atoms with Crippen molar-refractivity contribution >= 4 is 17.3 Å². The first-order valence-corrected chi connectivity index (χ1v) is 7.62. The predicted molar refractivity (Wildman–Crippen MR) is 92.6 cm³/mol. The summed E-state index contributed by atoms with van der Waals surface area (Å²) in [5.74, 6) is 0. The Labute approximate surface area is 140 Å². The topological polar surface area (TPSA) is 34.5 Å². The first kappa shape index (κ1) is 15.3. The van der Waals surface area contributed by atoms with Crippen LogP contribution < -0.4 is 0 Å². The number of oxime groups is 1. The van der Waals surface area contributed by atoms with Crippen LogP contribution in [0.1, 0.15) is 16.8 Å². The van der Waals surface area contributed by atoms with Gasteiger partial charge in [-0.05, 0) is 29.8 Å². The van der Waals surface area contributed by atoms with E-state index in [2.05, 4.69) is 10.1 Å². The van der Waals surface area contributed by atoms with Crippen molar-refractivity contribution in [1.82, 2.24) is 4.98 Å². The van der Waals surface area contributed by atoms with Gasteiger partial charge in [-0.15, -0.1) is 0 Å². The smallest absolute Gasteiger partial charge is 0.142 e. The van der Waals surface area contributed by atoms with E-state index in [1.54, 1.807) is 6.20 Å². The summed E-state index contributed by atoms with van der Waals surface area (Å²) >= 11 is 5.88. The van der Waals surface area contributed by atoms with Crippen LogP contribution in [-0.2, 0) is 11.4 Å². The number of pyridine rings is 1. The maximum Gasteiger partial charge on any atom is 0.142 e. The molecule has 0 bridgehead atoms. The molecule has 0 spiro atoms. The summed E-state index contributed by atoms with van der Waals surface area (Å²) in [6.45, 7) is 0.375. The zero-order valence-electron chi connectivity index (χ0n) is 12.4. The molecule has 3 rings (SSSR count). The molecule has 0 aliphatic carbocycles. The molecule has 0 unspecified atom stereocenters. The van der Waals surface area contributed by atoms with E-state index in [9.17, 15) is 0 Å². The minimum Gasteiger partial charge on any atom is -0.390 e. The minimum absolute atomic E-state index is 0.375. The highest BCUT2D eigenvalue weighted by Crippen LogP contribution is 2.12. The molecule has 114 valence electrons. The van der Waals surface area contributed by atoms with E-state index >= 15 is 0 Å². The molecule has 4 heteroatoms. The molecule has 0 amide bonds. The van der Waals surface area contributed by atoms with Crippen molar-refractivity contribution in [1.29, 1.82) is 0 Å². The molecule has 1 aromatic heterocycles. The molecule has 1 heterocycles. The van der Waals surface area contributed by atoms with Crippen LogP contribution in [0.15, 0.2) is 84.1 Å².